The Labute approximate surface area is 107 Å². The lowest BCUT2D eigenvalue weighted by Gasteiger charge is -2.23. The van der Waals surface area contributed by atoms with E-state index >= 15 is 0 Å². The number of aromatic nitrogens is 1. The summed E-state index contributed by atoms with van der Waals surface area (Å²) in [6.45, 7) is 1.07. The van der Waals surface area contributed by atoms with Crippen molar-refractivity contribution >= 4 is 5.82 Å². The van der Waals surface area contributed by atoms with E-state index in [1.54, 1.807) is 0 Å². The normalized spacial score (nSPS) is 17.3. The predicted octanol–water partition coefficient (Wildman–Crippen LogP) is 1.94. The molecule has 0 unspecified atom stereocenters. The number of rotatable bonds is 3. The highest BCUT2D eigenvalue weighted by Crippen LogP contribution is 2.33. The molecule has 1 aromatic heterocycles. The van der Waals surface area contributed by atoms with E-state index in [1.807, 2.05) is 0 Å². The number of hydrogen-bond acceptors (Lipinski definition) is 5. The number of halogens is 3. The number of nitrogen functional groups attached to an aromatic ring is 1. The molecule has 8 heteroatoms. The van der Waals surface area contributed by atoms with Gasteiger partial charge < -0.3 is 14.9 Å². The second-order valence-electron chi connectivity index (χ2n) is 4.15. The molecule has 2 heterocycles. The standard InChI is InChI=1S/C11H14F3N3O2/c12-11(13,14)7-5-9(17-15)16-10(6-7)19-8-1-3-18-4-2-8/h5-6,8H,1-4,15H2,(H,16,17). The van der Waals surface area contributed by atoms with E-state index in [2.05, 4.69) is 10.4 Å². The predicted molar refractivity (Wildman–Crippen MR) is 61.5 cm³/mol. The van der Waals surface area contributed by atoms with Crippen molar-refractivity contribution in [1.29, 1.82) is 0 Å². The van der Waals surface area contributed by atoms with E-state index in [9.17, 15) is 13.2 Å². The lowest BCUT2D eigenvalue weighted by molar-refractivity contribution is -0.137. The van der Waals surface area contributed by atoms with Crippen LogP contribution in [0.25, 0.3) is 0 Å². The number of hydrazine groups is 1. The van der Waals surface area contributed by atoms with Crippen LogP contribution in [0.2, 0.25) is 0 Å². The molecule has 2 rings (SSSR count). The Morgan fingerprint density at radius 2 is 2.00 bits per heavy atom. The highest BCUT2D eigenvalue weighted by molar-refractivity contribution is 5.41. The number of hydrogen-bond donors (Lipinski definition) is 2. The molecule has 1 fully saturated rings. The van der Waals surface area contributed by atoms with Gasteiger partial charge in [0.25, 0.3) is 0 Å². The van der Waals surface area contributed by atoms with Gasteiger partial charge in [-0.1, -0.05) is 0 Å². The molecule has 1 saturated heterocycles. The van der Waals surface area contributed by atoms with Crippen molar-refractivity contribution in [2.24, 2.45) is 5.84 Å². The van der Waals surface area contributed by atoms with Crippen LogP contribution in [0.3, 0.4) is 0 Å². The summed E-state index contributed by atoms with van der Waals surface area (Å²) in [6, 6.07) is 1.70. The van der Waals surface area contributed by atoms with Crippen LogP contribution in [0.5, 0.6) is 5.88 Å². The first kappa shape index (κ1) is 13.9. The van der Waals surface area contributed by atoms with Crippen molar-refractivity contribution in [3.8, 4) is 5.88 Å². The van der Waals surface area contributed by atoms with E-state index in [1.165, 1.54) is 0 Å². The maximum atomic E-state index is 12.7. The lowest BCUT2D eigenvalue weighted by Crippen LogP contribution is -2.26. The van der Waals surface area contributed by atoms with Gasteiger partial charge in [0.2, 0.25) is 5.88 Å². The van der Waals surface area contributed by atoms with E-state index in [0.29, 0.717) is 26.1 Å². The number of nitrogens with two attached hydrogens (primary N) is 1. The van der Waals surface area contributed by atoms with Gasteiger partial charge >= 0.3 is 6.18 Å². The molecule has 3 N–H and O–H groups in total. The minimum Gasteiger partial charge on any atom is -0.474 e. The van der Waals surface area contributed by atoms with Gasteiger partial charge in [0.15, 0.2) is 0 Å². The summed E-state index contributed by atoms with van der Waals surface area (Å²) in [7, 11) is 0. The van der Waals surface area contributed by atoms with Gasteiger partial charge in [0.05, 0.1) is 18.8 Å². The zero-order chi connectivity index (χ0) is 13.9. The van der Waals surface area contributed by atoms with Gasteiger partial charge in [0, 0.05) is 18.9 Å². The summed E-state index contributed by atoms with van der Waals surface area (Å²) in [5.41, 5.74) is 1.25. The van der Waals surface area contributed by atoms with Crippen molar-refractivity contribution in [1.82, 2.24) is 4.98 Å². The Balaban J connectivity index is 2.19. The average molecular weight is 277 g/mol. The van der Waals surface area contributed by atoms with Crippen LogP contribution in [0, 0.1) is 0 Å². The fraction of sp³-hybridized carbons (Fsp3) is 0.545. The Bertz CT molecular complexity index is 434. The summed E-state index contributed by atoms with van der Waals surface area (Å²) in [5.74, 6) is 4.93. The summed E-state index contributed by atoms with van der Waals surface area (Å²) in [6.07, 6.45) is -3.40. The van der Waals surface area contributed by atoms with Gasteiger partial charge in [-0.15, -0.1) is 0 Å². The third-order valence-electron chi connectivity index (χ3n) is 2.73. The first-order valence-electron chi connectivity index (χ1n) is 5.79. The highest BCUT2D eigenvalue weighted by Gasteiger charge is 2.32. The van der Waals surface area contributed by atoms with Crippen molar-refractivity contribution in [2.45, 2.75) is 25.1 Å². The van der Waals surface area contributed by atoms with Gasteiger partial charge in [-0.05, 0) is 6.07 Å². The molecule has 1 aliphatic rings. The third-order valence-corrected chi connectivity index (χ3v) is 2.73. The highest BCUT2D eigenvalue weighted by atomic mass is 19.4. The summed E-state index contributed by atoms with van der Waals surface area (Å²) in [5, 5.41) is 0. The Hall–Kier alpha value is -1.54. The molecule has 0 atom stereocenters. The van der Waals surface area contributed by atoms with Crippen LogP contribution in [0.15, 0.2) is 12.1 Å². The van der Waals surface area contributed by atoms with Crippen LogP contribution in [0.4, 0.5) is 19.0 Å². The maximum absolute atomic E-state index is 12.7. The monoisotopic (exact) mass is 277 g/mol. The Kier molecular flexibility index (Phi) is 4.11. The number of ether oxygens (including phenoxy) is 2. The SMILES string of the molecule is NNc1cc(C(F)(F)F)cc(OC2CCOCC2)n1. The summed E-state index contributed by atoms with van der Waals surface area (Å²) < 4.78 is 48.7. The molecule has 0 saturated carbocycles. The zero-order valence-corrected chi connectivity index (χ0v) is 10.0. The number of nitrogens with zero attached hydrogens (tertiary/aromatic N) is 1. The second-order valence-corrected chi connectivity index (χ2v) is 4.15. The van der Waals surface area contributed by atoms with Crippen LogP contribution in [-0.2, 0) is 10.9 Å². The molecular formula is C11H14F3N3O2. The molecule has 0 aromatic carbocycles. The average Bonchev–Trinajstić information content (AvgIpc) is 2.38. The zero-order valence-electron chi connectivity index (χ0n) is 10.0. The quantitative estimate of drug-likeness (QED) is 0.652. The molecular weight excluding hydrogens is 263 g/mol. The van der Waals surface area contributed by atoms with E-state index < -0.39 is 11.7 Å². The fourth-order valence-corrected chi connectivity index (χ4v) is 1.77. The molecule has 0 aliphatic carbocycles. The van der Waals surface area contributed by atoms with E-state index in [4.69, 9.17) is 15.3 Å². The summed E-state index contributed by atoms with van der Waals surface area (Å²) >= 11 is 0. The minimum absolute atomic E-state index is 0.0862. The van der Waals surface area contributed by atoms with Crippen molar-refractivity contribution in [3.05, 3.63) is 17.7 Å². The van der Waals surface area contributed by atoms with Crippen molar-refractivity contribution in [3.63, 3.8) is 0 Å². The van der Waals surface area contributed by atoms with Crippen LogP contribution < -0.4 is 16.0 Å². The van der Waals surface area contributed by atoms with Gasteiger partial charge in [-0.25, -0.2) is 5.84 Å². The molecule has 106 valence electrons. The first-order valence-corrected chi connectivity index (χ1v) is 5.79. The number of pyridine rings is 1. The van der Waals surface area contributed by atoms with Crippen molar-refractivity contribution < 1.29 is 22.6 Å². The first-order chi connectivity index (χ1) is 8.99. The number of alkyl halides is 3. The molecule has 19 heavy (non-hydrogen) atoms. The summed E-state index contributed by atoms with van der Waals surface area (Å²) in [4.78, 5) is 3.86. The fourth-order valence-electron chi connectivity index (χ4n) is 1.77. The van der Waals surface area contributed by atoms with E-state index in [0.717, 1.165) is 12.1 Å². The molecule has 0 radical (unpaired) electrons. The van der Waals surface area contributed by atoms with Crippen molar-refractivity contribution in [2.75, 3.05) is 18.6 Å². The lowest BCUT2D eigenvalue weighted by atomic mass is 10.1. The van der Waals surface area contributed by atoms with Crippen LogP contribution in [-0.4, -0.2) is 24.3 Å². The van der Waals surface area contributed by atoms with Gasteiger partial charge in [0.1, 0.15) is 11.9 Å². The second kappa shape index (κ2) is 5.62. The maximum Gasteiger partial charge on any atom is 0.416 e. The Morgan fingerprint density at radius 3 is 2.58 bits per heavy atom. The molecule has 0 spiro atoms. The third kappa shape index (κ3) is 3.71. The smallest absolute Gasteiger partial charge is 0.416 e. The number of nitrogens with one attached hydrogen (secondary N) is 1. The molecule has 1 aliphatic heterocycles. The molecule has 0 amide bonds. The van der Waals surface area contributed by atoms with Gasteiger partial charge in [-0.3, -0.25) is 0 Å². The Morgan fingerprint density at radius 1 is 1.32 bits per heavy atom. The minimum atomic E-state index is -4.47. The largest absolute Gasteiger partial charge is 0.474 e. The van der Waals surface area contributed by atoms with E-state index in [-0.39, 0.29) is 17.8 Å². The molecule has 1 aromatic rings. The number of anilines is 1. The molecule has 0 bridgehead atoms. The van der Waals surface area contributed by atoms with Crippen LogP contribution in [0.1, 0.15) is 18.4 Å². The van der Waals surface area contributed by atoms with Gasteiger partial charge in [-0.2, -0.15) is 18.2 Å². The topological polar surface area (TPSA) is 69.4 Å². The van der Waals surface area contributed by atoms with Crippen LogP contribution >= 0.6 is 0 Å². The molecule has 5 nitrogen and oxygen atoms in total.